The lowest BCUT2D eigenvalue weighted by atomic mass is 9.97. The molecule has 0 radical (unpaired) electrons. The number of amides is 1. The zero-order valence-electron chi connectivity index (χ0n) is 12.2. The number of thiazole rings is 1. The maximum atomic E-state index is 12.5. The Morgan fingerprint density at radius 3 is 2.90 bits per heavy atom. The highest BCUT2D eigenvalue weighted by molar-refractivity contribution is 7.11. The first kappa shape index (κ1) is 14.0. The molecule has 2 aliphatic heterocycles. The van der Waals surface area contributed by atoms with E-state index in [1.807, 2.05) is 4.90 Å². The van der Waals surface area contributed by atoms with Crippen LogP contribution in [-0.2, 0) is 9.53 Å². The molecule has 110 valence electrons. The SMILES string of the molecule is Cc1nc(C2CCCN(C(=O)C3CCOC3)C2)sc1C. The predicted molar refractivity (Wildman–Crippen MR) is 79.1 cm³/mol. The normalized spacial score (nSPS) is 27.0. The molecule has 2 aliphatic rings. The third kappa shape index (κ3) is 2.74. The van der Waals surface area contributed by atoms with E-state index in [0.29, 0.717) is 12.5 Å². The molecule has 2 fully saturated rings. The topological polar surface area (TPSA) is 42.4 Å². The Labute approximate surface area is 124 Å². The number of rotatable bonds is 2. The van der Waals surface area contributed by atoms with Crippen LogP contribution in [0.15, 0.2) is 0 Å². The van der Waals surface area contributed by atoms with E-state index in [0.717, 1.165) is 44.7 Å². The van der Waals surface area contributed by atoms with Gasteiger partial charge in [0.25, 0.3) is 0 Å². The van der Waals surface area contributed by atoms with Gasteiger partial charge in [-0.2, -0.15) is 0 Å². The first-order chi connectivity index (χ1) is 9.65. The average Bonchev–Trinajstić information content (AvgIpc) is 3.09. The second-order valence-electron chi connectivity index (χ2n) is 5.88. The highest BCUT2D eigenvalue weighted by Crippen LogP contribution is 2.32. The molecule has 1 aromatic heterocycles. The quantitative estimate of drug-likeness (QED) is 0.841. The molecule has 5 heteroatoms. The lowest BCUT2D eigenvalue weighted by molar-refractivity contribution is -0.136. The summed E-state index contributed by atoms with van der Waals surface area (Å²) in [6.45, 7) is 7.26. The Bertz CT molecular complexity index is 475. The maximum absolute atomic E-state index is 12.5. The highest BCUT2D eigenvalue weighted by Gasteiger charge is 2.32. The van der Waals surface area contributed by atoms with Crippen LogP contribution in [0.1, 0.15) is 40.8 Å². The Balaban J connectivity index is 1.68. The van der Waals surface area contributed by atoms with Crippen molar-refractivity contribution in [2.45, 2.75) is 39.0 Å². The van der Waals surface area contributed by atoms with E-state index in [4.69, 9.17) is 4.74 Å². The van der Waals surface area contributed by atoms with E-state index in [2.05, 4.69) is 18.8 Å². The third-order valence-corrected chi connectivity index (χ3v) is 5.64. The predicted octanol–water partition coefficient (Wildman–Crippen LogP) is 2.50. The van der Waals surface area contributed by atoms with Gasteiger partial charge in [-0.1, -0.05) is 0 Å². The largest absolute Gasteiger partial charge is 0.381 e. The first-order valence-corrected chi connectivity index (χ1v) is 8.27. The van der Waals surface area contributed by atoms with E-state index in [1.54, 1.807) is 11.3 Å². The number of likely N-dealkylation sites (tertiary alicyclic amines) is 1. The fourth-order valence-electron chi connectivity index (χ4n) is 3.04. The zero-order chi connectivity index (χ0) is 14.1. The Morgan fingerprint density at radius 2 is 2.25 bits per heavy atom. The lowest BCUT2D eigenvalue weighted by Gasteiger charge is -2.33. The summed E-state index contributed by atoms with van der Waals surface area (Å²) in [6.07, 6.45) is 3.12. The van der Waals surface area contributed by atoms with Gasteiger partial charge in [0.2, 0.25) is 5.91 Å². The summed E-state index contributed by atoms with van der Waals surface area (Å²) in [5, 5.41) is 1.21. The highest BCUT2D eigenvalue weighted by atomic mass is 32.1. The summed E-state index contributed by atoms with van der Waals surface area (Å²) < 4.78 is 5.34. The molecule has 0 aliphatic carbocycles. The molecule has 4 nitrogen and oxygen atoms in total. The number of aromatic nitrogens is 1. The molecule has 2 atom stereocenters. The van der Waals surface area contributed by atoms with Gasteiger partial charge in [-0.25, -0.2) is 4.98 Å². The molecule has 0 N–H and O–H groups in total. The van der Waals surface area contributed by atoms with Gasteiger partial charge in [0.1, 0.15) is 0 Å². The van der Waals surface area contributed by atoms with Crippen molar-refractivity contribution >= 4 is 17.2 Å². The molecule has 3 rings (SSSR count). The van der Waals surface area contributed by atoms with Crippen molar-refractivity contribution in [1.29, 1.82) is 0 Å². The average molecular weight is 294 g/mol. The van der Waals surface area contributed by atoms with Gasteiger partial charge >= 0.3 is 0 Å². The molecule has 0 spiro atoms. The number of ether oxygens (including phenoxy) is 1. The maximum Gasteiger partial charge on any atom is 0.228 e. The van der Waals surface area contributed by atoms with Crippen molar-refractivity contribution in [2.75, 3.05) is 26.3 Å². The van der Waals surface area contributed by atoms with Gasteiger partial charge < -0.3 is 9.64 Å². The fourth-order valence-corrected chi connectivity index (χ4v) is 4.09. The van der Waals surface area contributed by atoms with Crippen LogP contribution in [0.4, 0.5) is 0 Å². The van der Waals surface area contributed by atoms with Crippen molar-refractivity contribution in [3.63, 3.8) is 0 Å². The van der Waals surface area contributed by atoms with Crippen LogP contribution in [0.25, 0.3) is 0 Å². The van der Waals surface area contributed by atoms with Crippen LogP contribution < -0.4 is 0 Å². The molecule has 0 aromatic carbocycles. The van der Waals surface area contributed by atoms with E-state index < -0.39 is 0 Å². The summed E-state index contributed by atoms with van der Waals surface area (Å²) in [5.74, 6) is 0.804. The molecule has 2 saturated heterocycles. The fraction of sp³-hybridized carbons (Fsp3) is 0.733. The number of carbonyl (C=O) groups is 1. The third-order valence-electron chi connectivity index (χ3n) is 4.41. The number of aryl methyl sites for hydroxylation is 2. The summed E-state index contributed by atoms with van der Waals surface area (Å²) in [5.41, 5.74) is 1.14. The van der Waals surface area contributed by atoms with Crippen LogP contribution >= 0.6 is 11.3 Å². The van der Waals surface area contributed by atoms with Crippen LogP contribution in [0.5, 0.6) is 0 Å². The molecule has 0 saturated carbocycles. The zero-order valence-corrected chi connectivity index (χ0v) is 13.0. The second kappa shape index (κ2) is 5.82. The van der Waals surface area contributed by atoms with Gasteiger partial charge in [-0.05, 0) is 33.1 Å². The van der Waals surface area contributed by atoms with Crippen LogP contribution in [0.2, 0.25) is 0 Å². The number of nitrogens with zero attached hydrogens (tertiary/aromatic N) is 2. The van der Waals surface area contributed by atoms with Gasteiger partial charge in [0.05, 0.1) is 23.2 Å². The Hall–Kier alpha value is -0.940. The smallest absolute Gasteiger partial charge is 0.228 e. The van der Waals surface area contributed by atoms with E-state index >= 15 is 0 Å². The van der Waals surface area contributed by atoms with Crippen LogP contribution in [-0.4, -0.2) is 42.1 Å². The van der Waals surface area contributed by atoms with Crippen LogP contribution in [0.3, 0.4) is 0 Å². The van der Waals surface area contributed by atoms with E-state index in [1.165, 1.54) is 9.88 Å². The molecule has 2 unspecified atom stereocenters. The van der Waals surface area contributed by atoms with E-state index in [-0.39, 0.29) is 11.8 Å². The summed E-state index contributed by atoms with van der Waals surface area (Å²) >= 11 is 1.79. The van der Waals surface area contributed by atoms with E-state index in [9.17, 15) is 4.79 Å². The molecule has 3 heterocycles. The first-order valence-electron chi connectivity index (χ1n) is 7.45. The summed E-state index contributed by atoms with van der Waals surface area (Å²) in [4.78, 5) is 20.5. The summed E-state index contributed by atoms with van der Waals surface area (Å²) in [6, 6.07) is 0. The molecule has 1 amide bonds. The second-order valence-corrected chi connectivity index (χ2v) is 7.11. The van der Waals surface area contributed by atoms with Gasteiger partial charge in [0.15, 0.2) is 0 Å². The lowest BCUT2D eigenvalue weighted by Crippen LogP contribution is -2.42. The number of carbonyl (C=O) groups excluding carboxylic acids is 1. The number of hydrogen-bond acceptors (Lipinski definition) is 4. The Kier molecular flexibility index (Phi) is 4.08. The standard InChI is InChI=1S/C15H22N2O2S/c1-10-11(2)20-14(16-10)12-4-3-6-17(8-12)15(18)13-5-7-19-9-13/h12-13H,3-9H2,1-2H3. The molecular weight excluding hydrogens is 272 g/mol. The minimum absolute atomic E-state index is 0.0912. The number of piperidine rings is 1. The molecular formula is C15H22N2O2S. The van der Waals surface area contributed by atoms with Crippen LogP contribution in [0, 0.1) is 19.8 Å². The minimum atomic E-state index is 0.0912. The molecule has 0 bridgehead atoms. The van der Waals surface area contributed by atoms with Crippen molar-refractivity contribution in [1.82, 2.24) is 9.88 Å². The Morgan fingerprint density at radius 1 is 1.40 bits per heavy atom. The van der Waals surface area contributed by atoms with Crippen molar-refractivity contribution in [3.05, 3.63) is 15.6 Å². The molecule has 1 aromatic rings. The number of hydrogen-bond donors (Lipinski definition) is 0. The minimum Gasteiger partial charge on any atom is -0.381 e. The van der Waals surface area contributed by atoms with Gasteiger partial charge in [-0.15, -0.1) is 11.3 Å². The van der Waals surface area contributed by atoms with Crippen molar-refractivity contribution in [2.24, 2.45) is 5.92 Å². The van der Waals surface area contributed by atoms with Gasteiger partial charge in [-0.3, -0.25) is 4.79 Å². The molecule has 20 heavy (non-hydrogen) atoms. The van der Waals surface area contributed by atoms with Gasteiger partial charge in [0, 0.05) is 30.5 Å². The monoisotopic (exact) mass is 294 g/mol. The van der Waals surface area contributed by atoms with Crippen molar-refractivity contribution in [3.8, 4) is 0 Å². The summed E-state index contributed by atoms with van der Waals surface area (Å²) in [7, 11) is 0. The van der Waals surface area contributed by atoms with Crippen molar-refractivity contribution < 1.29 is 9.53 Å².